The zero-order chi connectivity index (χ0) is 33.1. The molecule has 0 aromatic heterocycles. The molecule has 0 aromatic rings. The molecule has 0 unspecified atom stereocenters. The van der Waals surface area contributed by atoms with Crippen LogP contribution in [0.5, 0.6) is 0 Å². The minimum atomic E-state index is 0. The number of Topliss-reactive ketones (excluding diaryl/α,β-unsaturated/α-hetero) is 4. The Labute approximate surface area is 285 Å². The first-order valence-corrected chi connectivity index (χ1v) is 17.9. The molecule has 0 bridgehead atoms. The molecule has 0 atom stereocenters. The van der Waals surface area contributed by atoms with E-state index in [2.05, 4.69) is 13.8 Å². The second-order valence-corrected chi connectivity index (χ2v) is 13.2. The van der Waals surface area contributed by atoms with E-state index in [0.29, 0.717) is 33.4 Å². The summed E-state index contributed by atoms with van der Waals surface area (Å²) in [6.45, 7) is 15.2. The van der Waals surface area contributed by atoms with Crippen LogP contribution in [0.25, 0.3) is 0 Å². The fourth-order valence-electron chi connectivity index (χ4n) is 6.14. The summed E-state index contributed by atoms with van der Waals surface area (Å²) in [6.07, 6.45) is 24.4. The lowest BCUT2D eigenvalue weighted by molar-refractivity contribution is -0.116. The Morgan fingerprint density at radius 1 is 0.304 bits per heavy atom. The topological polar surface area (TPSA) is 68.3 Å². The van der Waals surface area contributed by atoms with E-state index in [9.17, 15) is 19.2 Å². The first kappa shape index (κ1) is 45.8. The highest BCUT2D eigenvalue weighted by Crippen LogP contribution is 2.29. The lowest BCUT2D eigenvalue weighted by atomic mass is 9.84. The zero-order valence-corrected chi connectivity index (χ0v) is 29.8. The lowest BCUT2D eigenvalue weighted by Crippen LogP contribution is -2.20. The molecule has 0 amide bonds. The SMILES string of the molecule is C.C.CCCCCCCCCCCC1=C(C)C(=O)C(C)=C(C)C1=O.CCCCCCCCCCCC1=C(C)C(=O)C(C)=C(C)C1=O. The fraction of sp³-hybridized carbons (Fsp3) is 0.714. The van der Waals surface area contributed by atoms with Crippen molar-refractivity contribution < 1.29 is 19.2 Å². The van der Waals surface area contributed by atoms with Crippen LogP contribution in [-0.2, 0) is 19.2 Å². The third-order valence-corrected chi connectivity index (χ3v) is 9.68. The van der Waals surface area contributed by atoms with Crippen LogP contribution in [0.2, 0.25) is 0 Å². The number of unbranched alkanes of at least 4 members (excludes halogenated alkanes) is 16. The normalized spacial score (nSPS) is 15.3. The molecular weight excluding hydrogens is 568 g/mol. The predicted molar refractivity (Wildman–Crippen MR) is 199 cm³/mol. The zero-order valence-electron chi connectivity index (χ0n) is 29.8. The van der Waals surface area contributed by atoms with Crippen molar-refractivity contribution in [3.63, 3.8) is 0 Å². The summed E-state index contributed by atoms with van der Waals surface area (Å²) in [7, 11) is 0. The number of carbonyl (C=O) groups excluding carboxylic acids is 4. The van der Waals surface area contributed by atoms with Crippen LogP contribution in [0.1, 0.15) is 199 Å². The average molecular weight is 641 g/mol. The third kappa shape index (κ3) is 15.0. The second-order valence-electron chi connectivity index (χ2n) is 13.2. The smallest absolute Gasteiger partial charge is 0.185 e. The summed E-state index contributed by atoms with van der Waals surface area (Å²) in [4.78, 5) is 48.7. The van der Waals surface area contributed by atoms with Crippen molar-refractivity contribution in [2.75, 3.05) is 0 Å². The summed E-state index contributed by atoms with van der Waals surface area (Å²) in [5.41, 5.74) is 5.40. The summed E-state index contributed by atoms with van der Waals surface area (Å²) in [5.74, 6) is 0.300. The van der Waals surface area contributed by atoms with Crippen LogP contribution in [-0.4, -0.2) is 23.1 Å². The van der Waals surface area contributed by atoms with E-state index in [4.69, 9.17) is 0 Å². The highest BCUT2D eigenvalue weighted by Gasteiger charge is 2.28. The van der Waals surface area contributed by atoms with Gasteiger partial charge in [0.15, 0.2) is 23.1 Å². The average Bonchev–Trinajstić information content (AvgIpc) is 3.02. The highest BCUT2D eigenvalue weighted by atomic mass is 16.1. The largest absolute Gasteiger partial charge is 0.289 e. The molecule has 264 valence electrons. The van der Waals surface area contributed by atoms with E-state index in [-0.39, 0.29) is 38.0 Å². The molecule has 0 N–H and O–H groups in total. The van der Waals surface area contributed by atoms with Gasteiger partial charge in [-0.25, -0.2) is 0 Å². The van der Waals surface area contributed by atoms with E-state index in [1.807, 2.05) is 0 Å². The molecule has 0 spiro atoms. The van der Waals surface area contributed by atoms with Gasteiger partial charge in [-0.2, -0.15) is 0 Å². The van der Waals surface area contributed by atoms with Crippen molar-refractivity contribution in [2.45, 2.75) is 199 Å². The minimum absolute atomic E-state index is 0. The second kappa shape index (κ2) is 25.7. The van der Waals surface area contributed by atoms with E-state index >= 15 is 0 Å². The third-order valence-electron chi connectivity index (χ3n) is 9.68. The molecule has 2 aliphatic rings. The summed E-state index contributed by atoms with van der Waals surface area (Å²) in [6, 6.07) is 0. The van der Waals surface area contributed by atoms with E-state index in [1.54, 1.807) is 41.5 Å². The maximum atomic E-state index is 12.3. The van der Waals surface area contributed by atoms with Crippen molar-refractivity contribution in [3.8, 4) is 0 Å². The van der Waals surface area contributed by atoms with Crippen LogP contribution >= 0.6 is 0 Å². The van der Waals surface area contributed by atoms with Gasteiger partial charge in [0.1, 0.15) is 0 Å². The Bertz CT molecular complexity index is 1020. The number of allylic oxidation sites excluding steroid dienone is 8. The van der Waals surface area contributed by atoms with Gasteiger partial charge in [0.05, 0.1) is 0 Å². The Balaban J connectivity index is 0. The number of hydrogen-bond acceptors (Lipinski definition) is 4. The Hall–Kier alpha value is -2.36. The van der Waals surface area contributed by atoms with Gasteiger partial charge in [-0.05, 0) is 67.2 Å². The maximum absolute atomic E-state index is 12.3. The summed E-state index contributed by atoms with van der Waals surface area (Å²) >= 11 is 0. The number of rotatable bonds is 20. The predicted octanol–water partition coefficient (Wildman–Crippen LogP) is 12.7. The van der Waals surface area contributed by atoms with Gasteiger partial charge in [0.25, 0.3) is 0 Å². The number of hydrogen-bond donors (Lipinski definition) is 0. The van der Waals surface area contributed by atoms with Crippen LogP contribution in [0.4, 0.5) is 0 Å². The summed E-state index contributed by atoms with van der Waals surface area (Å²) < 4.78 is 0. The quantitative estimate of drug-likeness (QED) is 0.0980. The molecule has 46 heavy (non-hydrogen) atoms. The van der Waals surface area contributed by atoms with Crippen molar-refractivity contribution in [3.05, 3.63) is 44.6 Å². The molecule has 2 aliphatic carbocycles. The molecular formula is C42H72O4. The highest BCUT2D eigenvalue weighted by molar-refractivity contribution is 6.25. The lowest BCUT2D eigenvalue weighted by Gasteiger charge is -2.18. The summed E-state index contributed by atoms with van der Waals surface area (Å²) in [5, 5.41) is 0. The van der Waals surface area contributed by atoms with Crippen molar-refractivity contribution in [2.24, 2.45) is 0 Å². The molecule has 0 aromatic carbocycles. The van der Waals surface area contributed by atoms with Gasteiger partial charge < -0.3 is 0 Å². The van der Waals surface area contributed by atoms with Gasteiger partial charge >= 0.3 is 0 Å². The van der Waals surface area contributed by atoms with Crippen LogP contribution in [0.3, 0.4) is 0 Å². The first-order valence-electron chi connectivity index (χ1n) is 17.9. The van der Waals surface area contributed by atoms with Crippen molar-refractivity contribution in [1.29, 1.82) is 0 Å². The molecule has 0 saturated heterocycles. The fourth-order valence-corrected chi connectivity index (χ4v) is 6.14. The monoisotopic (exact) mass is 641 g/mol. The maximum Gasteiger partial charge on any atom is 0.185 e. The van der Waals surface area contributed by atoms with Gasteiger partial charge in [0, 0.05) is 44.6 Å². The molecule has 4 nitrogen and oxygen atoms in total. The Morgan fingerprint density at radius 2 is 0.522 bits per heavy atom. The number of carbonyl (C=O) groups is 4. The van der Waals surface area contributed by atoms with Crippen LogP contribution < -0.4 is 0 Å². The molecule has 0 heterocycles. The molecule has 0 saturated carbocycles. The molecule has 0 aliphatic heterocycles. The molecule has 0 radical (unpaired) electrons. The number of ketones is 4. The first-order chi connectivity index (χ1) is 21.0. The Kier molecular flexibility index (Phi) is 25.6. The molecule has 2 rings (SSSR count). The van der Waals surface area contributed by atoms with Crippen molar-refractivity contribution >= 4 is 23.1 Å². The standard InChI is InChI=1S/2C20H32O2.2CH4/c2*1-5-6-7-8-9-10-11-12-13-14-18-17(4)19(21)15(2)16(3)20(18)22;;/h2*5-14H2,1-4H3;2*1H4. The van der Waals surface area contributed by atoms with E-state index in [1.165, 1.54) is 89.9 Å². The van der Waals surface area contributed by atoms with Gasteiger partial charge in [0.2, 0.25) is 0 Å². The minimum Gasteiger partial charge on any atom is -0.289 e. The molecule has 4 heteroatoms. The van der Waals surface area contributed by atoms with Gasteiger partial charge in [-0.15, -0.1) is 0 Å². The molecule has 0 fully saturated rings. The Morgan fingerprint density at radius 3 is 0.783 bits per heavy atom. The van der Waals surface area contributed by atoms with Gasteiger partial charge in [-0.1, -0.05) is 131 Å². The van der Waals surface area contributed by atoms with E-state index < -0.39 is 0 Å². The van der Waals surface area contributed by atoms with Gasteiger partial charge in [-0.3, -0.25) is 19.2 Å². The van der Waals surface area contributed by atoms with Crippen molar-refractivity contribution in [1.82, 2.24) is 0 Å². The van der Waals surface area contributed by atoms with Crippen LogP contribution in [0, 0.1) is 0 Å². The van der Waals surface area contributed by atoms with Crippen LogP contribution in [0.15, 0.2) is 44.6 Å². The van der Waals surface area contributed by atoms with E-state index in [0.717, 1.165) is 49.7 Å².